The highest BCUT2D eigenvalue weighted by molar-refractivity contribution is 8.12. The van der Waals surface area contributed by atoms with E-state index in [-0.39, 0.29) is 10.4 Å². The average molecular weight is 192 g/mol. The van der Waals surface area contributed by atoms with Crippen LogP contribution in [0.2, 0.25) is 0 Å². The number of Topliss-reactive ketones (excluding diaryl/α,β-unsaturated/α-hetero) is 1. The second-order valence-corrected chi connectivity index (χ2v) is 5.61. The van der Waals surface area contributed by atoms with E-state index in [1.807, 2.05) is 6.92 Å². The van der Waals surface area contributed by atoms with Gasteiger partial charge in [0.25, 0.3) is 0 Å². The minimum absolute atomic E-state index is 0.146. The quantitative estimate of drug-likeness (QED) is 0.659. The summed E-state index contributed by atoms with van der Waals surface area (Å²) in [5, 5.41) is 0. The van der Waals surface area contributed by atoms with Crippen LogP contribution in [0.25, 0.3) is 0 Å². The molecule has 4 heteroatoms. The molecule has 2 unspecified atom stereocenters. The van der Waals surface area contributed by atoms with E-state index in [9.17, 15) is 9.00 Å². The molecule has 0 aliphatic carbocycles. The number of rotatable bonds is 2. The molecule has 2 atom stereocenters. The van der Waals surface area contributed by atoms with Gasteiger partial charge in [0.15, 0.2) is 5.78 Å². The molecule has 1 fully saturated rings. The van der Waals surface area contributed by atoms with Crippen molar-refractivity contribution in [2.24, 2.45) is 0 Å². The summed E-state index contributed by atoms with van der Waals surface area (Å²) < 4.78 is 11.0. The third kappa shape index (κ3) is 2.30. The molecule has 1 rings (SSSR count). The lowest BCUT2D eigenvalue weighted by molar-refractivity contribution is -0.116. The van der Waals surface area contributed by atoms with E-state index in [0.717, 1.165) is 12.2 Å². The molecule has 0 bridgehead atoms. The van der Waals surface area contributed by atoms with Gasteiger partial charge in [-0.3, -0.25) is 9.00 Å². The molecular formula is C7H12O2S2. The summed E-state index contributed by atoms with van der Waals surface area (Å²) in [6.07, 6.45) is 1.51. The maximum absolute atomic E-state index is 11.3. The predicted molar refractivity (Wildman–Crippen MR) is 49.2 cm³/mol. The van der Waals surface area contributed by atoms with Crippen LogP contribution in [0.15, 0.2) is 0 Å². The first-order valence-corrected chi connectivity index (χ1v) is 6.20. The van der Waals surface area contributed by atoms with Crippen LogP contribution in [-0.2, 0) is 15.6 Å². The summed E-state index contributed by atoms with van der Waals surface area (Å²) in [7, 11) is -0.895. The molecule has 0 amide bonds. The van der Waals surface area contributed by atoms with Crippen LogP contribution in [0.1, 0.15) is 19.8 Å². The van der Waals surface area contributed by atoms with Gasteiger partial charge in [0.05, 0.1) is 0 Å². The topological polar surface area (TPSA) is 34.1 Å². The summed E-state index contributed by atoms with van der Waals surface area (Å²) >= 11 is 1.55. The molecule has 1 heterocycles. The Bertz CT molecular complexity index is 171. The Morgan fingerprint density at radius 1 is 1.73 bits per heavy atom. The molecular weight excluding hydrogens is 180 g/mol. The van der Waals surface area contributed by atoms with E-state index in [2.05, 4.69) is 0 Å². The van der Waals surface area contributed by atoms with E-state index >= 15 is 0 Å². The summed E-state index contributed by atoms with van der Waals surface area (Å²) in [6, 6.07) is 0. The predicted octanol–water partition coefficient (Wildman–Crippen LogP) is 1.18. The van der Waals surface area contributed by atoms with Crippen LogP contribution in [0.3, 0.4) is 0 Å². The summed E-state index contributed by atoms with van der Waals surface area (Å²) in [4.78, 5) is 11.2. The van der Waals surface area contributed by atoms with Gasteiger partial charge in [-0.05, 0) is 12.2 Å². The number of hydrogen-bond donors (Lipinski definition) is 0. The SMILES string of the molecule is CCC(=O)C1SCCCS1=O. The smallest absolute Gasteiger partial charge is 0.158 e. The largest absolute Gasteiger partial charge is 0.297 e. The number of carbonyl (C=O) groups excluding carboxylic acids is 1. The molecule has 0 aromatic carbocycles. The van der Waals surface area contributed by atoms with Crippen molar-refractivity contribution < 1.29 is 9.00 Å². The second-order valence-electron chi connectivity index (χ2n) is 2.46. The summed E-state index contributed by atoms with van der Waals surface area (Å²) in [6.45, 7) is 1.83. The molecule has 0 N–H and O–H groups in total. The van der Waals surface area contributed by atoms with Gasteiger partial charge in [0, 0.05) is 23.0 Å². The standard InChI is InChI=1S/C7H12O2S2/c1-2-6(8)7-10-4-3-5-11(7)9/h7H,2-5H2,1H3. The van der Waals surface area contributed by atoms with Gasteiger partial charge in [-0.15, -0.1) is 11.8 Å². The Hall–Kier alpha value is 0.170. The maximum Gasteiger partial charge on any atom is 0.158 e. The van der Waals surface area contributed by atoms with Crippen molar-refractivity contribution in [2.75, 3.05) is 11.5 Å². The molecule has 0 spiro atoms. The minimum atomic E-state index is -0.895. The molecule has 11 heavy (non-hydrogen) atoms. The fourth-order valence-corrected chi connectivity index (χ4v) is 4.33. The molecule has 1 aliphatic rings. The van der Waals surface area contributed by atoms with Crippen LogP contribution in [0.4, 0.5) is 0 Å². The second kappa shape index (κ2) is 4.26. The van der Waals surface area contributed by atoms with Gasteiger partial charge in [-0.2, -0.15) is 0 Å². The minimum Gasteiger partial charge on any atom is -0.297 e. The van der Waals surface area contributed by atoms with Crippen molar-refractivity contribution in [1.82, 2.24) is 0 Å². The lowest BCUT2D eigenvalue weighted by Crippen LogP contribution is -2.27. The zero-order chi connectivity index (χ0) is 8.27. The van der Waals surface area contributed by atoms with Gasteiger partial charge < -0.3 is 0 Å². The zero-order valence-electron chi connectivity index (χ0n) is 6.54. The fourth-order valence-electron chi connectivity index (χ4n) is 0.981. The maximum atomic E-state index is 11.3. The van der Waals surface area contributed by atoms with E-state index in [4.69, 9.17) is 0 Å². The van der Waals surface area contributed by atoms with Crippen molar-refractivity contribution in [3.8, 4) is 0 Å². The average Bonchev–Trinajstić information content (AvgIpc) is 2.04. The Labute approximate surface area is 73.6 Å². The van der Waals surface area contributed by atoms with E-state index < -0.39 is 10.8 Å². The monoisotopic (exact) mass is 192 g/mol. The number of hydrogen-bond acceptors (Lipinski definition) is 3. The Balaban J connectivity index is 2.54. The van der Waals surface area contributed by atoms with Gasteiger partial charge in [-0.25, -0.2) is 0 Å². The van der Waals surface area contributed by atoms with Crippen molar-refractivity contribution in [2.45, 2.75) is 24.3 Å². The van der Waals surface area contributed by atoms with Crippen molar-refractivity contribution >= 4 is 28.3 Å². The molecule has 0 saturated carbocycles. The first-order valence-electron chi connectivity index (χ1n) is 3.77. The third-order valence-corrected chi connectivity index (χ3v) is 5.18. The van der Waals surface area contributed by atoms with E-state index in [0.29, 0.717) is 12.2 Å². The van der Waals surface area contributed by atoms with Gasteiger partial charge in [-0.1, -0.05) is 6.92 Å². The lowest BCUT2D eigenvalue weighted by Gasteiger charge is -2.18. The molecule has 64 valence electrons. The molecule has 0 radical (unpaired) electrons. The normalized spacial score (nSPS) is 31.7. The lowest BCUT2D eigenvalue weighted by atomic mass is 10.3. The van der Waals surface area contributed by atoms with Crippen molar-refractivity contribution in [1.29, 1.82) is 0 Å². The highest BCUT2D eigenvalue weighted by atomic mass is 32.2. The highest BCUT2D eigenvalue weighted by Crippen LogP contribution is 2.23. The Morgan fingerprint density at radius 2 is 2.45 bits per heavy atom. The highest BCUT2D eigenvalue weighted by Gasteiger charge is 2.26. The van der Waals surface area contributed by atoms with Crippen molar-refractivity contribution in [3.63, 3.8) is 0 Å². The summed E-state index contributed by atoms with van der Waals surface area (Å²) in [5.41, 5.74) is 0. The van der Waals surface area contributed by atoms with Crippen LogP contribution in [-0.4, -0.2) is 26.1 Å². The molecule has 0 aromatic rings. The molecule has 1 aliphatic heterocycles. The summed E-state index contributed by atoms with van der Waals surface area (Å²) in [5.74, 6) is 1.85. The van der Waals surface area contributed by atoms with Crippen LogP contribution < -0.4 is 0 Å². The third-order valence-electron chi connectivity index (χ3n) is 1.61. The molecule has 2 nitrogen and oxygen atoms in total. The van der Waals surface area contributed by atoms with Crippen LogP contribution >= 0.6 is 11.8 Å². The van der Waals surface area contributed by atoms with E-state index in [1.165, 1.54) is 0 Å². The first-order chi connectivity index (χ1) is 5.25. The van der Waals surface area contributed by atoms with E-state index in [1.54, 1.807) is 11.8 Å². The Kier molecular flexibility index (Phi) is 3.59. The molecule has 0 aromatic heterocycles. The van der Waals surface area contributed by atoms with Crippen LogP contribution in [0.5, 0.6) is 0 Å². The van der Waals surface area contributed by atoms with Gasteiger partial charge >= 0.3 is 0 Å². The Morgan fingerprint density at radius 3 is 3.00 bits per heavy atom. The van der Waals surface area contributed by atoms with Crippen molar-refractivity contribution in [3.05, 3.63) is 0 Å². The van der Waals surface area contributed by atoms with Gasteiger partial charge in [0.2, 0.25) is 0 Å². The molecule has 1 saturated heterocycles. The number of carbonyl (C=O) groups is 1. The first kappa shape index (κ1) is 9.26. The van der Waals surface area contributed by atoms with Gasteiger partial charge in [0.1, 0.15) is 4.58 Å². The number of thioether (sulfide) groups is 1. The zero-order valence-corrected chi connectivity index (χ0v) is 8.17. The van der Waals surface area contributed by atoms with Crippen LogP contribution in [0, 0.1) is 0 Å². The number of ketones is 1. The fraction of sp³-hybridized carbons (Fsp3) is 0.857.